The third kappa shape index (κ3) is 3.19. The van der Waals surface area contributed by atoms with Crippen molar-refractivity contribution in [1.29, 1.82) is 0 Å². The van der Waals surface area contributed by atoms with E-state index in [4.69, 9.17) is 5.73 Å². The van der Waals surface area contributed by atoms with Crippen molar-refractivity contribution < 1.29 is 4.79 Å². The molecule has 1 saturated heterocycles. The Balaban J connectivity index is 1.94. The molecule has 4 heteroatoms. The molecule has 0 bridgehead atoms. The van der Waals surface area contributed by atoms with Crippen LogP contribution in [0.2, 0.25) is 0 Å². The second kappa shape index (κ2) is 5.36. The summed E-state index contributed by atoms with van der Waals surface area (Å²) in [7, 11) is 0. The van der Waals surface area contributed by atoms with E-state index < -0.39 is 0 Å². The Morgan fingerprint density at radius 1 is 1.29 bits per heavy atom. The van der Waals surface area contributed by atoms with Crippen LogP contribution in [0.3, 0.4) is 0 Å². The van der Waals surface area contributed by atoms with Crippen LogP contribution in [0.25, 0.3) is 0 Å². The summed E-state index contributed by atoms with van der Waals surface area (Å²) in [6.07, 6.45) is 5.84. The molecule has 0 aromatic rings. The molecule has 2 fully saturated rings. The summed E-state index contributed by atoms with van der Waals surface area (Å²) in [5, 5.41) is 3.09. The highest BCUT2D eigenvalue weighted by atomic mass is 16.2. The minimum atomic E-state index is -0.0353. The molecule has 1 amide bonds. The number of amides is 1. The van der Waals surface area contributed by atoms with E-state index in [-0.39, 0.29) is 18.0 Å². The fourth-order valence-corrected chi connectivity index (χ4v) is 2.73. The van der Waals surface area contributed by atoms with E-state index in [9.17, 15) is 4.79 Å². The molecule has 3 unspecified atom stereocenters. The van der Waals surface area contributed by atoms with Gasteiger partial charge in [0.15, 0.2) is 0 Å². The number of piperidine rings is 1. The van der Waals surface area contributed by atoms with Crippen LogP contribution in [0, 0.1) is 0 Å². The van der Waals surface area contributed by atoms with Crippen LogP contribution < -0.4 is 11.1 Å². The lowest BCUT2D eigenvalue weighted by Gasteiger charge is -2.41. The van der Waals surface area contributed by atoms with Gasteiger partial charge in [-0.05, 0) is 46.1 Å². The molecule has 2 aliphatic rings. The molecule has 0 aromatic heterocycles. The second-order valence-corrected chi connectivity index (χ2v) is 5.62. The van der Waals surface area contributed by atoms with Crippen molar-refractivity contribution in [3.05, 3.63) is 0 Å². The molecule has 0 spiro atoms. The summed E-state index contributed by atoms with van der Waals surface area (Å²) >= 11 is 0. The quantitative estimate of drug-likeness (QED) is 0.765. The first kappa shape index (κ1) is 12.8. The van der Waals surface area contributed by atoms with Crippen molar-refractivity contribution in [2.24, 2.45) is 5.73 Å². The van der Waals surface area contributed by atoms with Gasteiger partial charge >= 0.3 is 0 Å². The molecule has 1 aliphatic heterocycles. The van der Waals surface area contributed by atoms with E-state index in [1.165, 1.54) is 12.8 Å². The van der Waals surface area contributed by atoms with Crippen molar-refractivity contribution in [3.8, 4) is 0 Å². The maximum Gasteiger partial charge on any atom is 0.237 e. The first-order valence-electron chi connectivity index (χ1n) is 6.91. The van der Waals surface area contributed by atoms with Gasteiger partial charge < -0.3 is 11.1 Å². The van der Waals surface area contributed by atoms with Gasteiger partial charge in [0.1, 0.15) is 0 Å². The Labute approximate surface area is 104 Å². The third-order valence-electron chi connectivity index (χ3n) is 4.00. The van der Waals surface area contributed by atoms with E-state index in [2.05, 4.69) is 17.1 Å². The predicted octanol–water partition coefficient (Wildman–Crippen LogP) is 0.855. The summed E-state index contributed by atoms with van der Waals surface area (Å²) in [6, 6.07) is 0.922. The number of hydrogen-bond donors (Lipinski definition) is 2. The lowest BCUT2D eigenvalue weighted by Crippen LogP contribution is -2.56. The average molecular weight is 239 g/mol. The van der Waals surface area contributed by atoms with Gasteiger partial charge in [0.2, 0.25) is 5.91 Å². The van der Waals surface area contributed by atoms with Crippen molar-refractivity contribution in [1.82, 2.24) is 10.2 Å². The van der Waals surface area contributed by atoms with Crippen LogP contribution in [-0.4, -0.2) is 41.5 Å². The summed E-state index contributed by atoms with van der Waals surface area (Å²) in [5.41, 5.74) is 6.04. The predicted molar refractivity (Wildman–Crippen MR) is 68.6 cm³/mol. The Morgan fingerprint density at radius 3 is 2.59 bits per heavy atom. The molecule has 1 aliphatic carbocycles. The molecule has 0 radical (unpaired) electrons. The summed E-state index contributed by atoms with van der Waals surface area (Å²) in [6.45, 7) is 5.07. The maximum atomic E-state index is 12.1. The molecule has 98 valence electrons. The largest absolute Gasteiger partial charge is 0.352 e. The van der Waals surface area contributed by atoms with Crippen LogP contribution in [0.5, 0.6) is 0 Å². The normalized spacial score (nSPS) is 29.7. The summed E-state index contributed by atoms with van der Waals surface area (Å²) in [4.78, 5) is 14.4. The molecule has 3 atom stereocenters. The minimum Gasteiger partial charge on any atom is -0.352 e. The molecule has 1 saturated carbocycles. The molecular weight excluding hydrogens is 214 g/mol. The number of nitrogens with zero attached hydrogens (tertiary/aromatic N) is 1. The number of nitrogens with one attached hydrogen (secondary N) is 1. The Bertz CT molecular complexity index is 276. The standard InChI is InChI=1S/C13H25N3O/c1-9(14)12-5-3-4-8-16(12)10(2)13(17)15-11-6-7-11/h9-12H,3-8,14H2,1-2H3,(H,15,17). The van der Waals surface area contributed by atoms with Crippen LogP contribution in [0.1, 0.15) is 46.0 Å². The van der Waals surface area contributed by atoms with Gasteiger partial charge in [-0.3, -0.25) is 9.69 Å². The second-order valence-electron chi connectivity index (χ2n) is 5.62. The highest BCUT2D eigenvalue weighted by Crippen LogP contribution is 2.23. The first-order valence-corrected chi connectivity index (χ1v) is 6.91. The lowest BCUT2D eigenvalue weighted by molar-refractivity contribution is -0.127. The van der Waals surface area contributed by atoms with Crippen molar-refractivity contribution in [2.45, 2.75) is 70.1 Å². The van der Waals surface area contributed by atoms with Gasteiger partial charge in [-0.25, -0.2) is 0 Å². The van der Waals surface area contributed by atoms with E-state index in [1.54, 1.807) is 0 Å². The monoisotopic (exact) mass is 239 g/mol. The zero-order chi connectivity index (χ0) is 12.4. The number of rotatable bonds is 4. The highest BCUT2D eigenvalue weighted by molar-refractivity contribution is 5.81. The highest BCUT2D eigenvalue weighted by Gasteiger charge is 2.34. The van der Waals surface area contributed by atoms with Gasteiger partial charge in [-0.2, -0.15) is 0 Å². The molecular formula is C13H25N3O. The van der Waals surface area contributed by atoms with Crippen molar-refractivity contribution in [2.75, 3.05) is 6.54 Å². The number of nitrogens with two attached hydrogens (primary N) is 1. The van der Waals surface area contributed by atoms with E-state index in [0.29, 0.717) is 12.1 Å². The number of carbonyl (C=O) groups is 1. The third-order valence-corrected chi connectivity index (χ3v) is 4.00. The summed E-state index contributed by atoms with van der Waals surface area (Å²) in [5.74, 6) is 0.181. The van der Waals surface area contributed by atoms with Gasteiger partial charge in [0, 0.05) is 18.1 Å². The molecule has 17 heavy (non-hydrogen) atoms. The van der Waals surface area contributed by atoms with Crippen LogP contribution in [-0.2, 0) is 4.79 Å². The molecule has 0 aromatic carbocycles. The number of carbonyl (C=O) groups excluding carboxylic acids is 1. The fraction of sp³-hybridized carbons (Fsp3) is 0.923. The Morgan fingerprint density at radius 2 is 2.00 bits per heavy atom. The first-order chi connectivity index (χ1) is 8.09. The molecule has 4 nitrogen and oxygen atoms in total. The van der Waals surface area contributed by atoms with E-state index in [0.717, 1.165) is 25.8 Å². The smallest absolute Gasteiger partial charge is 0.237 e. The van der Waals surface area contributed by atoms with Crippen molar-refractivity contribution >= 4 is 5.91 Å². The van der Waals surface area contributed by atoms with Crippen LogP contribution in [0.15, 0.2) is 0 Å². The number of likely N-dealkylation sites (tertiary alicyclic amines) is 1. The fourth-order valence-electron chi connectivity index (χ4n) is 2.73. The lowest BCUT2D eigenvalue weighted by atomic mass is 9.95. The Hall–Kier alpha value is -0.610. The van der Waals surface area contributed by atoms with E-state index >= 15 is 0 Å². The molecule has 2 rings (SSSR count). The van der Waals surface area contributed by atoms with E-state index in [1.807, 2.05) is 6.92 Å². The van der Waals surface area contributed by atoms with Gasteiger partial charge in [0.05, 0.1) is 6.04 Å². The van der Waals surface area contributed by atoms with Crippen molar-refractivity contribution in [3.63, 3.8) is 0 Å². The van der Waals surface area contributed by atoms with Gasteiger partial charge in [0.25, 0.3) is 0 Å². The van der Waals surface area contributed by atoms with Gasteiger partial charge in [-0.15, -0.1) is 0 Å². The van der Waals surface area contributed by atoms with Gasteiger partial charge in [-0.1, -0.05) is 6.42 Å². The van der Waals surface area contributed by atoms with Crippen LogP contribution in [0.4, 0.5) is 0 Å². The Kier molecular flexibility index (Phi) is 4.05. The number of hydrogen-bond acceptors (Lipinski definition) is 3. The summed E-state index contributed by atoms with van der Waals surface area (Å²) < 4.78 is 0. The zero-order valence-electron chi connectivity index (χ0n) is 11.0. The average Bonchev–Trinajstić information content (AvgIpc) is 3.11. The molecule has 1 heterocycles. The zero-order valence-corrected chi connectivity index (χ0v) is 11.0. The molecule has 3 N–H and O–H groups in total. The maximum absolute atomic E-state index is 12.1. The SMILES string of the molecule is CC(N)C1CCCCN1C(C)C(=O)NC1CC1. The topological polar surface area (TPSA) is 58.4 Å². The van der Waals surface area contributed by atoms with Crippen LogP contribution >= 0.6 is 0 Å². The minimum absolute atomic E-state index is 0.0353.